The van der Waals surface area contributed by atoms with E-state index in [1.165, 1.54) is 0 Å². The lowest BCUT2D eigenvalue weighted by molar-refractivity contribution is -0.138. The van der Waals surface area contributed by atoms with Gasteiger partial charge in [-0.25, -0.2) is 0 Å². The molecule has 2 saturated heterocycles. The molecule has 0 bridgehead atoms. The van der Waals surface area contributed by atoms with Crippen LogP contribution in [0.1, 0.15) is 45.4 Å². The summed E-state index contributed by atoms with van der Waals surface area (Å²) in [7, 11) is 3.69. The maximum Gasteiger partial charge on any atom is 0.236 e. The van der Waals surface area contributed by atoms with Crippen molar-refractivity contribution < 1.29 is 9.59 Å². The molecule has 0 aromatic rings. The third-order valence-corrected chi connectivity index (χ3v) is 6.78. The maximum absolute atomic E-state index is 12.8. The van der Waals surface area contributed by atoms with Crippen molar-refractivity contribution in [3.05, 3.63) is 0 Å². The van der Waals surface area contributed by atoms with Crippen molar-refractivity contribution in [2.45, 2.75) is 45.4 Å². The zero-order chi connectivity index (χ0) is 21.6. The first-order valence-electron chi connectivity index (χ1n) is 11.7. The molecule has 1 saturated carbocycles. The molecule has 1 aliphatic carbocycles. The Morgan fingerprint density at radius 2 is 1.55 bits per heavy atom. The molecule has 0 aromatic carbocycles. The van der Waals surface area contributed by atoms with Gasteiger partial charge in [0.1, 0.15) is 0 Å². The van der Waals surface area contributed by atoms with Crippen molar-refractivity contribution in [2.24, 2.45) is 10.4 Å². The smallest absolute Gasteiger partial charge is 0.236 e. The topological polar surface area (TPSA) is 71.5 Å². The second kappa shape index (κ2) is 12.2. The summed E-state index contributed by atoms with van der Waals surface area (Å²) in [5, 5.41) is 3.42. The quantitative estimate of drug-likeness (QED) is 0.309. The number of piperazine rings is 1. The monoisotopic (exact) mass is 548 g/mol. The number of hydrogen-bond donors (Lipinski definition) is 1. The van der Waals surface area contributed by atoms with Gasteiger partial charge in [0.2, 0.25) is 11.8 Å². The van der Waals surface area contributed by atoms with Crippen LogP contribution in [-0.2, 0) is 9.59 Å². The number of aliphatic imine (C=N–C) groups is 1. The lowest BCUT2D eigenvalue weighted by atomic mass is 9.85. The maximum atomic E-state index is 12.8. The molecular weight excluding hydrogens is 507 g/mol. The van der Waals surface area contributed by atoms with E-state index in [0.717, 1.165) is 90.3 Å². The predicted octanol–water partition coefficient (Wildman–Crippen LogP) is 1.46. The van der Waals surface area contributed by atoms with E-state index in [1.807, 2.05) is 19.0 Å². The summed E-state index contributed by atoms with van der Waals surface area (Å²) < 4.78 is 0. The molecule has 1 N–H and O–H groups in total. The molecule has 0 unspecified atom stereocenters. The van der Waals surface area contributed by atoms with Crippen LogP contribution in [0.25, 0.3) is 0 Å². The SMILES string of the molecule is CCNC(=NCC1(C(=O)N(C)C)CCCC1)N1CCN(CC(=O)N2CCCC2)CC1.I. The molecular formula is C22H41IN6O2. The molecule has 3 rings (SSSR count). The summed E-state index contributed by atoms with van der Waals surface area (Å²) in [5.41, 5.74) is -0.339. The largest absolute Gasteiger partial charge is 0.357 e. The van der Waals surface area contributed by atoms with Gasteiger partial charge in [-0.1, -0.05) is 12.8 Å². The highest BCUT2D eigenvalue weighted by Gasteiger charge is 2.42. The number of nitrogens with zero attached hydrogens (tertiary/aromatic N) is 5. The van der Waals surface area contributed by atoms with Gasteiger partial charge in [-0.15, -0.1) is 24.0 Å². The van der Waals surface area contributed by atoms with Gasteiger partial charge in [0, 0.05) is 59.9 Å². The molecule has 0 aromatic heterocycles. The number of amides is 2. The molecule has 8 nitrogen and oxygen atoms in total. The number of halogens is 1. The van der Waals surface area contributed by atoms with Crippen molar-refractivity contribution >= 4 is 41.8 Å². The first kappa shape index (κ1) is 26.2. The van der Waals surface area contributed by atoms with Crippen LogP contribution in [-0.4, -0.2) is 110 Å². The average Bonchev–Trinajstić information content (AvgIpc) is 3.44. The molecule has 178 valence electrons. The zero-order valence-corrected chi connectivity index (χ0v) is 21.9. The fourth-order valence-corrected chi connectivity index (χ4v) is 4.99. The number of carbonyl (C=O) groups excluding carboxylic acids is 2. The number of guanidine groups is 1. The fourth-order valence-electron chi connectivity index (χ4n) is 4.99. The van der Waals surface area contributed by atoms with E-state index in [0.29, 0.717) is 13.1 Å². The van der Waals surface area contributed by atoms with Crippen molar-refractivity contribution in [1.29, 1.82) is 0 Å². The van der Waals surface area contributed by atoms with Crippen molar-refractivity contribution in [1.82, 2.24) is 24.9 Å². The van der Waals surface area contributed by atoms with Crippen molar-refractivity contribution in [2.75, 3.05) is 73.0 Å². The second-order valence-electron chi connectivity index (χ2n) is 9.21. The van der Waals surface area contributed by atoms with Crippen LogP contribution in [0.5, 0.6) is 0 Å². The van der Waals surface area contributed by atoms with Gasteiger partial charge < -0.3 is 20.0 Å². The number of rotatable bonds is 6. The van der Waals surface area contributed by atoms with Crippen molar-refractivity contribution in [3.63, 3.8) is 0 Å². The Bertz CT molecular complexity index is 621. The van der Waals surface area contributed by atoms with E-state index in [9.17, 15) is 9.59 Å². The Hall–Kier alpha value is -1.10. The molecule has 31 heavy (non-hydrogen) atoms. The van der Waals surface area contributed by atoms with Crippen LogP contribution in [0.2, 0.25) is 0 Å². The number of nitrogens with one attached hydrogen (secondary N) is 1. The summed E-state index contributed by atoms with van der Waals surface area (Å²) in [4.78, 5) is 38.5. The van der Waals surface area contributed by atoms with Crippen LogP contribution in [0, 0.1) is 5.41 Å². The Kier molecular flexibility index (Phi) is 10.3. The van der Waals surface area contributed by atoms with Crippen molar-refractivity contribution in [3.8, 4) is 0 Å². The highest BCUT2D eigenvalue weighted by molar-refractivity contribution is 14.0. The van der Waals surface area contributed by atoms with E-state index in [-0.39, 0.29) is 41.2 Å². The highest BCUT2D eigenvalue weighted by Crippen LogP contribution is 2.39. The average molecular weight is 549 g/mol. The van der Waals surface area contributed by atoms with Crippen LogP contribution < -0.4 is 5.32 Å². The molecule has 2 amide bonds. The predicted molar refractivity (Wildman–Crippen MR) is 135 cm³/mol. The first-order valence-corrected chi connectivity index (χ1v) is 11.7. The molecule has 0 radical (unpaired) electrons. The molecule has 9 heteroatoms. The van der Waals surface area contributed by atoms with Gasteiger partial charge in [-0.05, 0) is 32.6 Å². The lowest BCUT2D eigenvalue weighted by Crippen LogP contribution is -2.54. The molecule has 0 atom stereocenters. The number of carbonyl (C=O) groups is 2. The van der Waals surface area contributed by atoms with Gasteiger partial charge in [0.15, 0.2) is 5.96 Å². The molecule has 3 fully saturated rings. The van der Waals surface area contributed by atoms with Crippen LogP contribution in [0.15, 0.2) is 4.99 Å². The highest BCUT2D eigenvalue weighted by atomic mass is 127. The van der Waals surface area contributed by atoms with Gasteiger partial charge in [0.05, 0.1) is 18.5 Å². The van der Waals surface area contributed by atoms with E-state index in [2.05, 4.69) is 22.0 Å². The Labute approximate surface area is 204 Å². The van der Waals surface area contributed by atoms with Crippen LogP contribution in [0.4, 0.5) is 0 Å². The van der Waals surface area contributed by atoms with E-state index >= 15 is 0 Å². The van der Waals surface area contributed by atoms with Gasteiger partial charge >= 0.3 is 0 Å². The second-order valence-corrected chi connectivity index (χ2v) is 9.21. The van der Waals surface area contributed by atoms with Gasteiger partial charge in [0.25, 0.3) is 0 Å². The van der Waals surface area contributed by atoms with E-state index < -0.39 is 0 Å². The Morgan fingerprint density at radius 1 is 0.935 bits per heavy atom. The summed E-state index contributed by atoms with van der Waals surface area (Å²) >= 11 is 0. The molecule has 3 aliphatic rings. The number of likely N-dealkylation sites (tertiary alicyclic amines) is 1. The zero-order valence-electron chi connectivity index (χ0n) is 19.6. The standard InChI is InChI=1S/C22H40N6O2.HI/c1-4-23-21(24-18-22(9-5-6-10-22)20(30)25(2)3)28-15-13-26(14-16-28)17-19(29)27-11-7-8-12-27;/h4-18H2,1-3H3,(H,23,24);1H. The Balaban J connectivity index is 0.00000341. The Morgan fingerprint density at radius 3 is 2.10 bits per heavy atom. The first-order chi connectivity index (χ1) is 14.4. The van der Waals surface area contributed by atoms with E-state index in [4.69, 9.17) is 4.99 Å². The summed E-state index contributed by atoms with van der Waals surface area (Å²) in [6.07, 6.45) is 6.35. The summed E-state index contributed by atoms with van der Waals surface area (Å²) in [6.45, 7) is 9.26. The summed E-state index contributed by atoms with van der Waals surface area (Å²) in [6, 6.07) is 0. The van der Waals surface area contributed by atoms with Gasteiger partial charge in [-0.2, -0.15) is 0 Å². The summed E-state index contributed by atoms with van der Waals surface area (Å²) in [5.74, 6) is 1.39. The van der Waals surface area contributed by atoms with E-state index in [1.54, 1.807) is 4.90 Å². The normalized spacial score (nSPS) is 21.7. The fraction of sp³-hybridized carbons (Fsp3) is 0.864. The molecule has 0 spiro atoms. The van der Waals surface area contributed by atoms with Crippen LogP contribution in [0.3, 0.4) is 0 Å². The minimum absolute atomic E-state index is 0. The lowest BCUT2D eigenvalue weighted by Gasteiger charge is -2.37. The third kappa shape index (κ3) is 6.69. The molecule has 2 aliphatic heterocycles. The van der Waals surface area contributed by atoms with Crippen LogP contribution >= 0.6 is 24.0 Å². The molecule has 2 heterocycles. The van der Waals surface area contributed by atoms with Gasteiger partial charge in [-0.3, -0.25) is 19.5 Å². The third-order valence-electron chi connectivity index (χ3n) is 6.78. The minimum atomic E-state index is -0.339. The number of hydrogen-bond acceptors (Lipinski definition) is 4. The minimum Gasteiger partial charge on any atom is -0.357 e.